The zero-order chi connectivity index (χ0) is 24.5. The maximum absolute atomic E-state index is 11.0. The van der Waals surface area contributed by atoms with Crippen LogP contribution < -0.4 is 5.32 Å². The summed E-state index contributed by atoms with van der Waals surface area (Å²) in [5.41, 5.74) is 0. The first kappa shape index (κ1) is 28.0. The van der Waals surface area contributed by atoms with Crippen molar-refractivity contribution >= 4 is 5.91 Å². The molecule has 0 spiro atoms. The number of ether oxygens (including phenoxy) is 4. The molecule has 2 aliphatic heterocycles. The summed E-state index contributed by atoms with van der Waals surface area (Å²) in [5, 5.41) is 72.2. The van der Waals surface area contributed by atoms with Crippen LogP contribution in [0, 0.1) is 0 Å². The molecule has 0 aliphatic carbocycles. The lowest BCUT2D eigenvalue weighted by molar-refractivity contribution is -0.377. The van der Waals surface area contributed by atoms with Crippen molar-refractivity contribution in [1.82, 2.24) is 5.32 Å². The number of aliphatic hydroxyl groups is 7. The van der Waals surface area contributed by atoms with E-state index >= 15 is 0 Å². The molecular weight excluding hydrogens is 446 g/mol. The minimum atomic E-state index is -1.73. The molecule has 0 saturated carbocycles. The highest BCUT2D eigenvalue weighted by Crippen LogP contribution is 2.28. The second-order valence-corrected chi connectivity index (χ2v) is 7.98. The maximum atomic E-state index is 11.0. The number of nitrogens with one attached hydrogen (secondary N) is 1. The zero-order valence-electron chi connectivity index (χ0n) is 18.2. The van der Waals surface area contributed by atoms with Gasteiger partial charge in [0, 0.05) is 13.2 Å². The molecule has 0 aromatic rings. The highest BCUT2D eigenvalue weighted by atomic mass is 16.8. The lowest BCUT2D eigenvalue weighted by Gasteiger charge is -2.44. The van der Waals surface area contributed by atoms with Gasteiger partial charge in [-0.25, -0.2) is 0 Å². The molecule has 192 valence electrons. The molecule has 10 atom stereocenters. The Kier molecular flexibility index (Phi) is 11.5. The smallest absolute Gasteiger partial charge is 0.243 e. The third-order valence-electron chi connectivity index (χ3n) is 5.52. The topological polar surface area (TPSA) is 208 Å². The summed E-state index contributed by atoms with van der Waals surface area (Å²) in [6.07, 6.45) is -11.9. The molecule has 1 unspecified atom stereocenters. The van der Waals surface area contributed by atoms with E-state index in [0.29, 0.717) is 19.6 Å². The van der Waals surface area contributed by atoms with Gasteiger partial charge >= 0.3 is 0 Å². The normalized spacial score (nSPS) is 39.2. The predicted molar refractivity (Wildman–Crippen MR) is 109 cm³/mol. The van der Waals surface area contributed by atoms with Gasteiger partial charge in [0.2, 0.25) is 5.91 Å². The molecule has 0 aromatic heterocycles. The molecule has 13 heteroatoms. The molecule has 0 radical (unpaired) electrons. The number of carbonyl (C=O) groups excluding carboxylic acids is 1. The average Bonchev–Trinajstić information content (AvgIpc) is 2.81. The van der Waals surface area contributed by atoms with Crippen LogP contribution in [0.3, 0.4) is 0 Å². The molecule has 33 heavy (non-hydrogen) atoms. The Balaban J connectivity index is 1.80. The van der Waals surface area contributed by atoms with E-state index in [1.165, 1.54) is 6.08 Å². The first-order chi connectivity index (χ1) is 15.7. The lowest BCUT2D eigenvalue weighted by Crippen LogP contribution is -2.63. The van der Waals surface area contributed by atoms with Crippen LogP contribution in [0.5, 0.6) is 0 Å². The molecule has 2 rings (SSSR count). The molecule has 2 saturated heterocycles. The summed E-state index contributed by atoms with van der Waals surface area (Å²) in [5.74, 6) is -0.240. The van der Waals surface area contributed by atoms with Crippen LogP contribution in [0.25, 0.3) is 0 Å². The highest BCUT2D eigenvalue weighted by Gasteiger charge is 2.49. The van der Waals surface area contributed by atoms with Crippen molar-refractivity contribution in [3.63, 3.8) is 0 Å². The fourth-order valence-corrected chi connectivity index (χ4v) is 3.47. The Bertz CT molecular complexity index is 608. The van der Waals surface area contributed by atoms with Crippen LogP contribution in [0.2, 0.25) is 0 Å². The van der Waals surface area contributed by atoms with Crippen molar-refractivity contribution in [2.75, 3.05) is 26.4 Å². The van der Waals surface area contributed by atoms with Crippen molar-refractivity contribution in [1.29, 1.82) is 0 Å². The Morgan fingerprint density at radius 2 is 1.42 bits per heavy atom. The molecule has 0 aromatic carbocycles. The number of amides is 1. The molecule has 8 N–H and O–H groups in total. The monoisotopic (exact) mass is 481 g/mol. The fraction of sp³-hybridized carbons (Fsp3) is 0.850. The third-order valence-corrected chi connectivity index (χ3v) is 5.52. The van der Waals surface area contributed by atoms with Crippen LogP contribution in [-0.4, -0.2) is 129 Å². The van der Waals surface area contributed by atoms with Crippen molar-refractivity contribution < 1.29 is 59.5 Å². The Labute approximate surface area is 191 Å². The number of hydrogen-bond donors (Lipinski definition) is 8. The van der Waals surface area contributed by atoms with Crippen LogP contribution in [-0.2, 0) is 23.7 Å². The molecule has 0 bridgehead atoms. The number of carbonyl (C=O) groups is 1. The van der Waals surface area contributed by atoms with Crippen LogP contribution in [0.4, 0.5) is 0 Å². The Morgan fingerprint density at radius 1 is 0.848 bits per heavy atom. The van der Waals surface area contributed by atoms with Gasteiger partial charge in [-0.1, -0.05) is 6.58 Å². The van der Waals surface area contributed by atoms with Gasteiger partial charge in [-0.15, -0.1) is 0 Å². The van der Waals surface area contributed by atoms with Gasteiger partial charge in [0.1, 0.15) is 48.8 Å². The summed E-state index contributed by atoms with van der Waals surface area (Å²) < 4.78 is 21.5. The molecule has 2 heterocycles. The largest absolute Gasteiger partial charge is 0.394 e. The second-order valence-electron chi connectivity index (χ2n) is 7.98. The van der Waals surface area contributed by atoms with E-state index in [-0.39, 0.29) is 12.5 Å². The fourth-order valence-electron chi connectivity index (χ4n) is 3.47. The van der Waals surface area contributed by atoms with E-state index in [0.717, 1.165) is 12.8 Å². The quantitative estimate of drug-likeness (QED) is 0.0994. The van der Waals surface area contributed by atoms with E-state index in [9.17, 15) is 40.5 Å². The van der Waals surface area contributed by atoms with Gasteiger partial charge in [0.15, 0.2) is 12.6 Å². The minimum Gasteiger partial charge on any atom is -0.394 e. The summed E-state index contributed by atoms with van der Waals surface area (Å²) in [6.45, 7) is 3.39. The van der Waals surface area contributed by atoms with E-state index in [2.05, 4.69) is 11.9 Å². The third kappa shape index (κ3) is 7.63. The van der Waals surface area contributed by atoms with Crippen molar-refractivity contribution in [3.05, 3.63) is 12.7 Å². The number of hydrogen-bond acceptors (Lipinski definition) is 12. The number of aliphatic hydroxyl groups excluding tert-OH is 7. The van der Waals surface area contributed by atoms with Crippen LogP contribution in [0.1, 0.15) is 19.3 Å². The van der Waals surface area contributed by atoms with E-state index < -0.39 is 68.0 Å². The first-order valence-corrected chi connectivity index (χ1v) is 10.8. The molecule has 2 aliphatic rings. The first-order valence-electron chi connectivity index (χ1n) is 10.8. The van der Waals surface area contributed by atoms with Gasteiger partial charge in [-0.2, -0.15) is 0 Å². The van der Waals surface area contributed by atoms with Crippen LogP contribution >= 0.6 is 0 Å². The highest BCUT2D eigenvalue weighted by molar-refractivity contribution is 5.86. The van der Waals surface area contributed by atoms with E-state index in [1.807, 2.05) is 0 Å². The van der Waals surface area contributed by atoms with Crippen LogP contribution in [0.15, 0.2) is 12.7 Å². The van der Waals surface area contributed by atoms with Crippen molar-refractivity contribution in [2.24, 2.45) is 0 Å². The number of rotatable bonds is 12. The van der Waals surface area contributed by atoms with Crippen molar-refractivity contribution in [2.45, 2.75) is 80.7 Å². The van der Waals surface area contributed by atoms with E-state index in [1.54, 1.807) is 0 Å². The van der Waals surface area contributed by atoms with E-state index in [4.69, 9.17) is 18.9 Å². The lowest BCUT2D eigenvalue weighted by atomic mass is 9.98. The predicted octanol–water partition coefficient (Wildman–Crippen LogP) is -3.90. The zero-order valence-corrected chi connectivity index (χ0v) is 18.2. The second kappa shape index (κ2) is 13.6. The van der Waals surface area contributed by atoms with Gasteiger partial charge in [0.05, 0.1) is 13.2 Å². The van der Waals surface area contributed by atoms with Gasteiger partial charge in [-0.05, 0) is 25.3 Å². The SMILES string of the molecule is C=CC(=O)NCCCCCOC[C@H]1OC(O[C@H]2O[C@H](CO)[C@H](O)[C@H](O)[C@H]2O)[C@H](O)[C@@H](O)[C@@H]1O. The summed E-state index contributed by atoms with van der Waals surface area (Å²) in [6, 6.07) is 0. The van der Waals surface area contributed by atoms with Crippen molar-refractivity contribution in [3.8, 4) is 0 Å². The number of unbranched alkanes of at least 4 members (excludes halogenated alkanes) is 2. The standard InChI is InChI=1S/C20H35NO12/c1-2-12(23)21-6-4-3-5-7-30-9-11-14(25)16(27)18(29)20(32-11)33-19-17(28)15(26)13(24)10(8-22)31-19/h2,10-11,13-20,22,24-29H,1,3-9H2,(H,21,23)/t10-,11-,13+,14-,15+,16+,17-,18-,19-,20?/m1/s1. The van der Waals surface area contributed by atoms with Gasteiger partial charge < -0.3 is 60.0 Å². The molecule has 2 fully saturated rings. The molecular formula is C20H35NO12. The summed E-state index contributed by atoms with van der Waals surface area (Å²) in [4.78, 5) is 11.0. The van der Waals surface area contributed by atoms with Gasteiger partial charge in [0.25, 0.3) is 0 Å². The molecule has 1 amide bonds. The minimum absolute atomic E-state index is 0.132. The summed E-state index contributed by atoms with van der Waals surface area (Å²) >= 11 is 0. The maximum Gasteiger partial charge on any atom is 0.243 e. The summed E-state index contributed by atoms with van der Waals surface area (Å²) in [7, 11) is 0. The average molecular weight is 481 g/mol. The van der Waals surface area contributed by atoms with Gasteiger partial charge in [-0.3, -0.25) is 4.79 Å². The Morgan fingerprint density at radius 3 is 2.00 bits per heavy atom. The Hall–Kier alpha value is -1.23. The molecule has 13 nitrogen and oxygen atoms in total.